The molecular formula is C41H63NO10. The second kappa shape index (κ2) is 15.4. The second-order valence-electron chi connectivity index (χ2n) is 17.6. The molecule has 8 aliphatic rings. The molecular weight excluding hydrogens is 666 g/mol. The van der Waals surface area contributed by atoms with Gasteiger partial charge in [0.1, 0.15) is 30.2 Å². The van der Waals surface area contributed by atoms with Gasteiger partial charge in [0.25, 0.3) is 0 Å². The van der Waals surface area contributed by atoms with Crippen LogP contribution in [-0.4, -0.2) is 116 Å². The number of hydrogen-bond acceptors (Lipinski definition) is 11. The molecule has 1 spiro atoms. The van der Waals surface area contributed by atoms with Crippen molar-refractivity contribution in [1.82, 2.24) is 0 Å². The van der Waals surface area contributed by atoms with Crippen LogP contribution in [0.2, 0.25) is 0 Å². The van der Waals surface area contributed by atoms with Crippen molar-refractivity contribution >= 4 is 5.78 Å². The van der Waals surface area contributed by atoms with Gasteiger partial charge in [0.05, 0.1) is 61.0 Å². The molecule has 3 unspecified atom stereocenters. The molecule has 8 saturated heterocycles. The highest BCUT2D eigenvalue weighted by Gasteiger charge is 2.61. The summed E-state index contributed by atoms with van der Waals surface area (Å²) in [6.07, 6.45) is 7.15. The fraction of sp³-hybridized carbons (Fsp3) is 0.878. The van der Waals surface area contributed by atoms with Crippen molar-refractivity contribution in [2.24, 2.45) is 23.5 Å². The van der Waals surface area contributed by atoms with E-state index in [1.54, 1.807) is 7.11 Å². The third-order valence-corrected chi connectivity index (χ3v) is 14.1. The maximum absolute atomic E-state index is 14.0. The fourth-order valence-electron chi connectivity index (χ4n) is 11.0. The first-order valence-corrected chi connectivity index (χ1v) is 20.4. The van der Waals surface area contributed by atoms with Crippen molar-refractivity contribution < 1.29 is 47.8 Å². The summed E-state index contributed by atoms with van der Waals surface area (Å²) in [7, 11) is 1.72. The Morgan fingerprint density at radius 2 is 1.58 bits per heavy atom. The lowest BCUT2D eigenvalue weighted by atomic mass is 9.78. The van der Waals surface area contributed by atoms with Crippen molar-refractivity contribution in [2.75, 3.05) is 13.7 Å². The van der Waals surface area contributed by atoms with E-state index < -0.39 is 11.9 Å². The molecule has 11 nitrogen and oxygen atoms in total. The number of ketones is 1. The lowest BCUT2D eigenvalue weighted by Crippen LogP contribution is -2.64. The molecule has 3 N–H and O–H groups in total. The van der Waals surface area contributed by atoms with Crippen LogP contribution in [0.1, 0.15) is 104 Å². The maximum atomic E-state index is 14.0. The van der Waals surface area contributed by atoms with E-state index in [-0.39, 0.29) is 104 Å². The monoisotopic (exact) mass is 729 g/mol. The quantitative estimate of drug-likeness (QED) is 0.390. The Morgan fingerprint density at radius 1 is 0.808 bits per heavy atom. The molecule has 0 aromatic carbocycles. The molecule has 8 rings (SSSR count). The second-order valence-corrected chi connectivity index (χ2v) is 17.6. The van der Waals surface area contributed by atoms with Crippen LogP contribution in [0.15, 0.2) is 24.3 Å². The molecule has 18 atom stereocenters. The summed E-state index contributed by atoms with van der Waals surface area (Å²) in [5.74, 6) is -0.232. The van der Waals surface area contributed by atoms with E-state index in [1.807, 2.05) is 0 Å². The number of carbonyl (C=O) groups excluding carboxylic acids is 1. The SMILES string of the molecule is C=C1C[C@@H]2CC[C@]34CC[C@H](O3)[C@@H]3O[C@H]5CC[C@H](CC(=O)CC6[C@H](CC7O[C@@H](CCC1O2)C[C@@H](C)C7=C)O[C@H](C[C@H](O)CN)[C@@H]6C)O[C@@H]5[C@H](O4)[C@@H]3OC. The van der Waals surface area contributed by atoms with Crippen LogP contribution in [0.25, 0.3) is 0 Å². The summed E-state index contributed by atoms with van der Waals surface area (Å²) in [6.45, 7) is 13.5. The first kappa shape index (κ1) is 37.7. The minimum absolute atomic E-state index is 0.00177. The van der Waals surface area contributed by atoms with Gasteiger partial charge in [0, 0.05) is 52.2 Å². The summed E-state index contributed by atoms with van der Waals surface area (Å²) in [5.41, 5.74) is 8.06. The van der Waals surface area contributed by atoms with Crippen LogP contribution in [0.4, 0.5) is 0 Å². The van der Waals surface area contributed by atoms with Gasteiger partial charge in [-0.1, -0.05) is 27.0 Å². The third-order valence-electron chi connectivity index (χ3n) is 14.1. The largest absolute Gasteiger partial charge is 0.392 e. The molecule has 8 aliphatic heterocycles. The molecule has 10 bridgehead atoms. The maximum Gasteiger partial charge on any atom is 0.169 e. The predicted octanol–water partition coefficient (Wildman–Crippen LogP) is 4.70. The number of Topliss-reactive ketones (excluding diaryl/α,β-unsaturated/α-hetero) is 1. The molecule has 0 aliphatic carbocycles. The molecule has 11 heteroatoms. The van der Waals surface area contributed by atoms with E-state index in [0.29, 0.717) is 38.0 Å². The highest BCUT2D eigenvalue weighted by atomic mass is 16.7. The van der Waals surface area contributed by atoms with E-state index >= 15 is 0 Å². The van der Waals surface area contributed by atoms with Gasteiger partial charge >= 0.3 is 0 Å². The number of hydrogen-bond donors (Lipinski definition) is 2. The number of nitrogens with two attached hydrogens (primary N) is 1. The van der Waals surface area contributed by atoms with E-state index in [4.69, 9.17) is 43.6 Å². The Morgan fingerprint density at radius 3 is 2.38 bits per heavy atom. The Hall–Kier alpha value is -1.25. The van der Waals surface area contributed by atoms with Gasteiger partial charge in [-0.25, -0.2) is 0 Å². The highest BCUT2D eigenvalue weighted by Crippen LogP contribution is 2.50. The van der Waals surface area contributed by atoms with Crippen molar-refractivity contribution in [3.63, 3.8) is 0 Å². The highest BCUT2D eigenvalue weighted by molar-refractivity contribution is 5.79. The Balaban J connectivity index is 1.06. The van der Waals surface area contributed by atoms with Crippen LogP contribution in [0, 0.1) is 17.8 Å². The van der Waals surface area contributed by atoms with Crippen LogP contribution >= 0.6 is 0 Å². The fourth-order valence-corrected chi connectivity index (χ4v) is 11.0. The third kappa shape index (κ3) is 7.38. The summed E-state index contributed by atoms with van der Waals surface area (Å²) in [5, 5.41) is 10.5. The molecule has 0 radical (unpaired) electrons. The molecule has 8 fully saturated rings. The van der Waals surface area contributed by atoms with Gasteiger partial charge in [-0.15, -0.1) is 0 Å². The van der Waals surface area contributed by atoms with Gasteiger partial charge in [-0.2, -0.15) is 0 Å². The van der Waals surface area contributed by atoms with E-state index in [1.165, 1.54) is 0 Å². The van der Waals surface area contributed by atoms with E-state index in [2.05, 4.69) is 27.0 Å². The van der Waals surface area contributed by atoms with Crippen molar-refractivity contribution in [2.45, 2.75) is 195 Å². The number of aliphatic hydroxyl groups is 1. The summed E-state index contributed by atoms with van der Waals surface area (Å²) < 4.78 is 53.7. The number of methoxy groups -OCH3 is 1. The minimum atomic E-state index is -0.754. The van der Waals surface area contributed by atoms with E-state index in [9.17, 15) is 9.90 Å². The standard InChI is InChI=1S/C41H63NO10/c1-21-14-27-6-8-31-22(2)15-29(46-31)10-12-41-13-11-33(51-41)38-39(45-5)40(52-41)37-32(50-38)9-7-28(48-37)16-25(43)17-30-24(4)34(18-26(44)20-42)49-36(30)19-35(47-27)23(21)3/h21,24,26-40,44H,2-3,6-20,42H2,1,4-5H3/t21-,24-,26+,27+,28-,29+,30?,31?,32+,33+,34-,35?,36+,37+,38+,39-,40+,41+/m1/s1. The van der Waals surface area contributed by atoms with Gasteiger partial charge in [-0.05, 0) is 80.3 Å². The van der Waals surface area contributed by atoms with Crippen molar-refractivity contribution in [3.05, 3.63) is 24.3 Å². The smallest absolute Gasteiger partial charge is 0.169 e. The number of aliphatic hydroxyl groups excluding tert-OH is 1. The molecule has 0 saturated carbocycles. The van der Waals surface area contributed by atoms with Crippen LogP contribution < -0.4 is 5.73 Å². The average molecular weight is 730 g/mol. The zero-order valence-electron chi connectivity index (χ0n) is 31.5. The van der Waals surface area contributed by atoms with Gasteiger partial charge in [0.2, 0.25) is 0 Å². The van der Waals surface area contributed by atoms with Crippen LogP contribution in [0.5, 0.6) is 0 Å². The lowest BCUT2D eigenvalue weighted by molar-refractivity contribution is -0.302. The topological polar surface area (TPSA) is 137 Å². The Kier molecular flexibility index (Phi) is 11.1. The molecule has 292 valence electrons. The van der Waals surface area contributed by atoms with Gasteiger partial charge < -0.3 is 48.7 Å². The lowest BCUT2D eigenvalue weighted by Gasteiger charge is -2.50. The average Bonchev–Trinajstić information content (AvgIpc) is 3.77. The zero-order valence-corrected chi connectivity index (χ0v) is 31.5. The van der Waals surface area contributed by atoms with Crippen LogP contribution in [0.3, 0.4) is 0 Å². The summed E-state index contributed by atoms with van der Waals surface area (Å²) >= 11 is 0. The van der Waals surface area contributed by atoms with Crippen LogP contribution in [-0.2, 0) is 42.7 Å². The first-order chi connectivity index (χ1) is 25.0. The van der Waals surface area contributed by atoms with Gasteiger partial charge in [0.15, 0.2) is 5.79 Å². The normalized spacial score (nSPS) is 50.4. The number of rotatable bonds is 4. The zero-order chi connectivity index (χ0) is 36.3. The Labute approximate surface area is 309 Å². The summed E-state index contributed by atoms with van der Waals surface area (Å²) in [4.78, 5) is 14.0. The number of carbonyl (C=O) groups is 1. The van der Waals surface area contributed by atoms with Crippen molar-refractivity contribution in [3.8, 4) is 0 Å². The Bertz CT molecular complexity index is 1330. The molecule has 52 heavy (non-hydrogen) atoms. The van der Waals surface area contributed by atoms with Gasteiger partial charge in [-0.3, -0.25) is 4.79 Å². The minimum Gasteiger partial charge on any atom is -0.392 e. The molecule has 0 aromatic rings. The number of ether oxygens (including phenoxy) is 8. The number of fused-ring (bicyclic) bond motifs is 9. The van der Waals surface area contributed by atoms with Crippen molar-refractivity contribution in [1.29, 1.82) is 0 Å². The predicted molar refractivity (Wildman–Crippen MR) is 191 cm³/mol. The van der Waals surface area contributed by atoms with E-state index in [0.717, 1.165) is 68.9 Å². The molecule has 0 aromatic heterocycles. The first-order valence-electron chi connectivity index (χ1n) is 20.4. The summed E-state index contributed by atoms with van der Waals surface area (Å²) in [6, 6.07) is 0. The molecule has 0 amide bonds. The molecule has 8 heterocycles.